The maximum absolute atomic E-state index is 11.1. The Bertz CT molecular complexity index is 172. The van der Waals surface area contributed by atoms with Gasteiger partial charge in [-0.15, -0.1) is 0 Å². The predicted molar refractivity (Wildman–Crippen MR) is 43.0 cm³/mol. The fourth-order valence-corrected chi connectivity index (χ4v) is 1.31. The van der Waals surface area contributed by atoms with Crippen LogP contribution in [0, 0.1) is 11.8 Å². The molecule has 0 saturated heterocycles. The molecule has 2 atom stereocenters. The van der Waals surface area contributed by atoms with Crippen LogP contribution in [0.3, 0.4) is 0 Å². The standard InChI is InChI=1S/C9H14O2/c1-3-11-9(10)8-5-4-7(2)6-8/h4-5,7-8H,3,6H2,1-2H3/t7-,8+/m0/s1. The van der Waals surface area contributed by atoms with Gasteiger partial charge >= 0.3 is 5.97 Å². The molecule has 0 radical (unpaired) electrons. The Balaban J connectivity index is 2.38. The molecule has 0 aromatic heterocycles. The highest BCUT2D eigenvalue weighted by Crippen LogP contribution is 2.23. The van der Waals surface area contributed by atoms with Crippen molar-refractivity contribution in [3.63, 3.8) is 0 Å². The van der Waals surface area contributed by atoms with Crippen LogP contribution < -0.4 is 0 Å². The molecule has 0 spiro atoms. The Hall–Kier alpha value is -0.790. The van der Waals surface area contributed by atoms with Gasteiger partial charge in [-0.2, -0.15) is 0 Å². The molecule has 0 aromatic rings. The van der Waals surface area contributed by atoms with Crippen LogP contribution in [-0.2, 0) is 9.53 Å². The first-order valence-corrected chi connectivity index (χ1v) is 4.09. The van der Waals surface area contributed by atoms with Gasteiger partial charge in [-0.3, -0.25) is 4.79 Å². The molecule has 1 aliphatic carbocycles. The molecule has 1 aliphatic rings. The minimum atomic E-state index is -0.0758. The van der Waals surface area contributed by atoms with Crippen LogP contribution in [-0.4, -0.2) is 12.6 Å². The number of hydrogen-bond donors (Lipinski definition) is 0. The summed E-state index contributed by atoms with van der Waals surface area (Å²) in [6.45, 7) is 4.42. The zero-order valence-corrected chi connectivity index (χ0v) is 7.04. The molecule has 2 nitrogen and oxygen atoms in total. The number of hydrogen-bond acceptors (Lipinski definition) is 2. The smallest absolute Gasteiger partial charge is 0.312 e. The molecule has 11 heavy (non-hydrogen) atoms. The maximum atomic E-state index is 11.1. The molecule has 62 valence electrons. The molecule has 0 aromatic carbocycles. The third-order valence-electron chi connectivity index (χ3n) is 1.89. The van der Waals surface area contributed by atoms with E-state index in [4.69, 9.17) is 4.74 Å². The number of ether oxygens (including phenoxy) is 1. The van der Waals surface area contributed by atoms with Gasteiger partial charge in [0.1, 0.15) is 0 Å². The Labute approximate surface area is 67.2 Å². The largest absolute Gasteiger partial charge is 0.466 e. The van der Waals surface area contributed by atoms with E-state index in [1.807, 2.05) is 13.0 Å². The predicted octanol–water partition coefficient (Wildman–Crippen LogP) is 1.76. The molecule has 0 N–H and O–H groups in total. The zero-order chi connectivity index (χ0) is 8.27. The van der Waals surface area contributed by atoms with Crippen molar-refractivity contribution in [2.45, 2.75) is 20.3 Å². The summed E-state index contributed by atoms with van der Waals surface area (Å²) < 4.78 is 4.88. The van der Waals surface area contributed by atoms with Gasteiger partial charge in [-0.1, -0.05) is 19.1 Å². The Kier molecular flexibility index (Phi) is 2.69. The summed E-state index contributed by atoms with van der Waals surface area (Å²) in [6.07, 6.45) is 4.93. The lowest BCUT2D eigenvalue weighted by Crippen LogP contribution is -2.14. The molecule has 0 amide bonds. The van der Waals surface area contributed by atoms with Gasteiger partial charge < -0.3 is 4.74 Å². The van der Waals surface area contributed by atoms with Crippen molar-refractivity contribution in [1.82, 2.24) is 0 Å². The highest BCUT2D eigenvalue weighted by atomic mass is 16.5. The van der Waals surface area contributed by atoms with Gasteiger partial charge in [0, 0.05) is 0 Å². The van der Waals surface area contributed by atoms with E-state index in [1.54, 1.807) is 0 Å². The Morgan fingerprint density at radius 1 is 1.64 bits per heavy atom. The molecular weight excluding hydrogens is 140 g/mol. The summed E-state index contributed by atoms with van der Waals surface area (Å²) in [5.74, 6) is 0.474. The van der Waals surface area contributed by atoms with Gasteiger partial charge in [0.2, 0.25) is 0 Å². The van der Waals surface area contributed by atoms with Crippen LogP contribution in [0.2, 0.25) is 0 Å². The van der Waals surface area contributed by atoms with E-state index in [1.165, 1.54) is 0 Å². The van der Waals surface area contributed by atoms with Gasteiger partial charge in [-0.25, -0.2) is 0 Å². The second-order valence-electron chi connectivity index (χ2n) is 2.96. The lowest BCUT2D eigenvalue weighted by atomic mass is 10.1. The van der Waals surface area contributed by atoms with Gasteiger partial charge in [0.25, 0.3) is 0 Å². The summed E-state index contributed by atoms with van der Waals surface area (Å²) in [5, 5.41) is 0. The molecular formula is C9H14O2. The van der Waals surface area contributed by atoms with E-state index in [9.17, 15) is 4.79 Å². The molecule has 0 saturated carbocycles. The minimum absolute atomic E-state index is 0.0185. The number of carbonyl (C=O) groups excluding carboxylic acids is 1. The van der Waals surface area contributed by atoms with Crippen LogP contribution >= 0.6 is 0 Å². The maximum Gasteiger partial charge on any atom is 0.312 e. The van der Waals surface area contributed by atoms with Gasteiger partial charge in [-0.05, 0) is 19.3 Å². The summed E-state index contributed by atoms with van der Waals surface area (Å²) in [4.78, 5) is 11.1. The van der Waals surface area contributed by atoms with Crippen molar-refractivity contribution in [3.8, 4) is 0 Å². The molecule has 2 heteroatoms. The molecule has 0 aliphatic heterocycles. The molecule has 0 bridgehead atoms. The first-order valence-electron chi connectivity index (χ1n) is 4.09. The van der Waals surface area contributed by atoms with Crippen molar-refractivity contribution in [1.29, 1.82) is 0 Å². The Morgan fingerprint density at radius 2 is 2.36 bits per heavy atom. The average molecular weight is 154 g/mol. The minimum Gasteiger partial charge on any atom is -0.466 e. The highest BCUT2D eigenvalue weighted by molar-refractivity contribution is 5.75. The van der Waals surface area contributed by atoms with Crippen LogP contribution in [0.1, 0.15) is 20.3 Å². The summed E-state index contributed by atoms with van der Waals surface area (Å²) >= 11 is 0. The van der Waals surface area contributed by atoms with Crippen LogP contribution in [0.15, 0.2) is 12.2 Å². The summed E-state index contributed by atoms with van der Waals surface area (Å²) in [5.41, 5.74) is 0. The van der Waals surface area contributed by atoms with E-state index in [0.29, 0.717) is 12.5 Å². The third-order valence-corrected chi connectivity index (χ3v) is 1.89. The van der Waals surface area contributed by atoms with Crippen molar-refractivity contribution in [3.05, 3.63) is 12.2 Å². The van der Waals surface area contributed by atoms with Crippen LogP contribution in [0.25, 0.3) is 0 Å². The second-order valence-corrected chi connectivity index (χ2v) is 2.96. The second kappa shape index (κ2) is 3.56. The van der Waals surface area contributed by atoms with E-state index in [2.05, 4.69) is 13.0 Å². The van der Waals surface area contributed by atoms with E-state index >= 15 is 0 Å². The summed E-state index contributed by atoms with van der Waals surface area (Å²) in [6, 6.07) is 0. The Morgan fingerprint density at radius 3 is 2.82 bits per heavy atom. The fourth-order valence-electron chi connectivity index (χ4n) is 1.31. The topological polar surface area (TPSA) is 26.3 Å². The number of allylic oxidation sites excluding steroid dienone is 1. The fraction of sp³-hybridized carbons (Fsp3) is 0.667. The SMILES string of the molecule is CCOC(=O)[C@@H]1C=C[C@H](C)C1. The molecule has 0 unspecified atom stereocenters. The number of rotatable bonds is 2. The molecule has 1 rings (SSSR count). The van der Waals surface area contributed by atoms with Crippen molar-refractivity contribution in [2.24, 2.45) is 11.8 Å². The normalized spacial score (nSPS) is 28.9. The average Bonchev–Trinajstić information content (AvgIpc) is 2.36. The lowest BCUT2D eigenvalue weighted by Gasteiger charge is -2.07. The quantitative estimate of drug-likeness (QED) is 0.447. The van der Waals surface area contributed by atoms with Crippen LogP contribution in [0.4, 0.5) is 0 Å². The zero-order valence-electron chi connectivity index (χ0n) is 7.04. The van der Waals surface area contributed by atoms with Gasteiger partial charge in [0.05, 0.1) is 12.5 Å². The van der Waals surface area contributed by atoms with E-state index in [0.717, 1.165) is 6.42 Å². The molecule has 0 heterocycles. The number of carbonyl (C=O) groups is 1. The van der Waals surface area contributed by atoms with Crippen molar-refractivity contribution >= 4 is 5.97 Å². The monoisotopic (exact) mass is 154 g/mol. The van der Waals surface area contributed by atoms with Crippen LogP contribution in [0.5, 0.6) is 0 Å². The van der Waals surface area contributed by atoms with Crippen molar-refractivity contribution < 1.29 is 9.53 Å². The first-order chi connectivity index (χ1) is 5.24. The van der Waals surface area contributed by atoms with E-state index in [-0.39, 0.29) is 11.9 Å². The summed E-state index contributed by atoms with van der Waals surface area (Å²) in [7, 11) is 0. The third kappa shape index (κ3) is 2.07. The number of esters is 1. The van der Waals surface area contributed by atoms with Crippen molar-refractivity contribution in [2.75, 3.05) is 6.61 Å². The van der Waals surface area contributed by atoms with Gasteiger partial charge in [0.15, 0.2) is 0 Å². The van der Waals surface area contributed by atoms with E-state index < -0.39 is 0 Å². The molecule has 0 fully saturated rings. The first kappa shape index (κ1) is 8.31. The lowest BCUT2D eigenvalue weighted by molar-refractivity contribution is -0.146. The highest BCUT2D eigenvalue weighted by Gasteiger charge is 2.22.